The Kier molecular flexibility index (Phi) is 3.33. The molecular formula is C21H17BrO2. The van der Waals surface area contributed by atoms with Gasteiger partial charge < -0.3 is 4.42 Å². The highest BCUT2D eigenvalue weighted by molar-refractivity contribution is 9.10. The average Bonchev–Trinajstić information content (AvgIpc) is 2.53. The summed E-state index contributed by atoms with van der Waals surface area (Å²) in [6, 6.07) is 15.7. The molecule has 1 aromatic heterocycles. The highest BCUT2D eigenvalue weighted by Crippen LogP contribution is 2.31. The molecule has 0 unspecified atom stereocenters. The number of rotatable bonds is 0. The Morgan fingerprint density at radius 1 is 0.875 bits per heavy atom. The topological polar surface area (TPSA) is 30.2 Å². The third-order valence-electron chi connectivity index (χ3n) is 4.48. The van der Waals surface area contributed by atoms with E-state index >= 15 is 0 Å². The van der Waals surface area contributed by atoms with Gasteiger partial charge in [-0.1, -0.05) is 54.9 Å². The molecule has 2 nitrogen and oxygen atoms in total. The lowest BCUT2D eigenvalue weighted by atomic mass is 9.86. The van der Waals surface area contributed by atoms with Crippen LogP contribution in [0.5, 0.6) is 0 Å². The van der Waals surface area contributed by atoms with Crippen LogP contribution in [0.15, 0.2) is 62.2 Å². The Hall–Kier alpha value is -2.13. The lowest BCUT2D eigenvalue weighted by Crippen LogP contribution is -2.11. The number of halogens is 1. The van der Waals surface area contributed by atoms with E-state index in [1.165, 1.54) is 0 Å². The Bertz CT molecular complexity index is 1160. The molecule has 0 aliphatic heterocycles. The maximum absolute atomic E-state index is 12.9. The second-order valence-corrected chi connectivity index (χ2v) is 8.12. The zero-order chi connectivity index (χ0) is 17.1. The molecule has 0 aliphatic rings. The van der Waals surface area contributed by atoms with Crippen LogP contribution >= 0.6 is 15.9 Å². The molecular weight excluding hydrogens is 364 g/mol. The standard InChI is InChI=1S/C21H17BrO2/c1-21(2,3)13-6-9-15-18(10-13)24-20-16(19(15)23)8-5-12-4-7-14(22)11-17(12)20/h4-11H,1-3H3. The van der Waals surface area contributed by atoms with Gasteiger partial charge in [0.2, 0.25) is 5.43 Å². The fourth-order valence-electron chi connectivity index (χ4n) is 3.07. The van der Waals surface area contributed by atoms with Crippen molar-refractivity contribution in [1.29, 1.82) is 0 Å². The summed E-state index contributed by atoms with van der Waals surface area (Å²) in [6.07, 6.45) is 0. The number of fused-ring (bicyclic) bond motifs is 4. The molecule has 0 radical (unpaired) electrons. The number of benzene rings is 3. The predicted molar refractivity (Wildman–Crippen MR) is 104 cm³/mol. The van der Waals surface area contributed by atoms with Gasteiger partial charge in [0.15, 0.2) is 0 Å². The van der Waals surface area contributed by atoms with Gasteiger partial charge in [-0.05, 0) is 46.7 Å². The van der Waals surface area contributed by atoms with Crippen LogP contribution in [0.25, 0.3) is 32.7 Å². The van der Waals surface area contributed by atoms with Crippen LogP contribution in [0.3, 0.4) is 0 Å². The van der Waals surface area contributed by atoms with E-state index < -0.39 is 0 Å². The fourth-order valence-corrected chi connectivity index (χ4v) is 3.43. The Balaban J connectivity index is 2.18. The van der Waals surface area contributed by atoms with Crippen LogP contribution in [0.2, 0.25) is 0 Å². The van der Waals surface area contributed by atoms with E-state index in [4.69, 9.17) is 4.42 Å². The monoisotopic (exact) mass is 380 g/mol. The van der Waals surface area contributed by atoms with Gasteiger partial charge in [-0.15, -0.1) is 0 Å². The zero-order valence-electron chi connectivity index (χ0n) is 13.8. The minimum Gasteiger partial charge on any atom is -0.455 e. The van der Waals surface area contributed by atoms with Gasteiger partial charge >= 0.3 is 0 Å². The number of hydrogen-bond donors (Lipinski definition) is 0. The largest absolute Gasteiger partial charge is 0.455 e. The summed E-state index contributed by atoms with van der Waals surface area (Å²) in [4.78, 5) is 12.9. The Labute approximate surface area is 148 Å². The minimum atomic E-state index is 0.00347. The highest BCUT2D eigenvalue weighted by atomic mass is 79.9. The van der Waals surface area contributed by atoms with Crippen LogP contribution in [-0.2, 0) is 5.41 Å². The van der Waals surface area contributed by atoms with E-state index in [-0.39, 0.29) is 10.8 Å². The summed E-state index contributed by atoms with van der Waals surface area (Å²) in [7, 11) is 0. The van der Waals surface area contributed by atoms with Crippen LogP contribution in [0, 0.1) is 0 Å². The molecule has 0 aliphatic carbocycles. The Morgan fingerprint density at radius 3 is 2.33 bits per heavy atom. The molecule has 3 aromatic carbocycles. The van der Waals surface area contributed by atoms with Crippen LogP contribution < -0.4 is 5.43 Å². The van der Waals surface area contributed by atoms with Crippen molar-refractivity contribution in [2.75, 3.05) is 0 Å². The molecule has 1 heterocycles. The third-order valence-corrected chi connectivity index (χ3v) is 4.98. The minimum absolute atomic E-state index is 0.00347. The van der Waals surface area contributed by atoms with Gasteiger partial charge in [-0.3, -0.25) is 4.79 Å². The third kappa shape index (κ3) is 2.35. The van der Waals surface area contributed by atoms with E-state index in [1.807, 2.05) is 48.5 Å². The molecule has 0 amide bonds. The van der Waals surface area contributed by atoms with E-state index in [0.717, 1.165) is 20.8 Å². The van der Waals surface area contributed by atoms with Crippen LogP contribution in [0.4, 0.5) is 0 Å². The molecule has 0 saturated heterocycles. The summed E-state index contributed by atoms with van der Waals surface area (Å²) < 4.78 is 7.18. The summed E-state index contributed by atoms with van der Waals surface area (Å²) in [5, 5.41) is 3.25. The van der Waals surface area contributed by atoms with Gasteiger partial charge in [-0.25, -0.2) is 0 Å². The van der Waals surface area contributed by atoms with Gasteiger partial charge in [0.05, 0.1) is 10.8 Å². The molecule has 0 spiro atoms. The molecule has 24 heavy (non-hydrogen) atoms. The summed E-state index contributed by atoms with van der Waals surface area (Å²) in [5.41, 5.74) is 2.47. The average molecular weight is 381 g/mol. The van der Waals surface area contributed by atoms with E-state index in [1.54, 1.807) is 0 Å². The van der Waals surface area contributed by atoms with Gasteiger partial charge in [-0.2, -0.15) is 0 Å². The second-order valence-electron chi connectivity index (χ2n) is 7.20. The van der Waals surface area contributed by atoms with Crippen LogP contribution in [-0.4, -0.2) is 0 Å². The zero-order valence-corrected chi connectivity index (χ0v) is 15.4. The Morgan fingerprint density at radius 2 is 1.58 bits per heavy atom. The molecule has 4 rings (SSSR count). The van der Waals surface area contributed by atoms with Crippen molar-refractivity contribution in [3.63, 3.8) is 0 Å². The first-order valence-corrected chi connectivity index (χ1v) is 8.73. The highest BCUT2D eigenvalue weighted by Gasteiger charge is 2.17. The molecule has 4 aromatic rings. The van der Waals surface area contributed by atoms with Crippen molar-refractivity contribution in [2.24, 2.45) is 0 Å². The first kappa shape index (κ1) is 15.4. The van der Waals surface area contributed by atoms with Crippen molar-refractivity contribution in [3.05, 3.63) is 68.8 Å². The smallest absolute Gasteiger partial charge is 0.200 e. The normalized spacial score (nSPS) is 12.3. The number of hydrogen-bond acceptors (Lipinski definition) is 2. The van der Waals surface area contributed by atoms with Crippen molar-refractivity contribution in [2.45, 2.75) is 26.2 Å². The van der Waals surface area contributed by atoms with Crippen molar-refractivity contribution >= 4 is 48.6 Å². The van der Waals surface area contributed by atoms with E-state index in [9.17, 15) is 4.79 Å². The molecule has 0 bridgehead atoms. The predicted octanol–water partition coefficient (Wildman–Crippen LogP) is 6.16. The lowest BCUT2D eigenvalue weighted by molar-refractivity contribution is 0.587. The van der Waals surface area contributed by atoms with Crippen molar-refractivity contribution in [3.8, 4) is 0 Å². The summed E-state index contributed by atoms with van der Waals surface area (Å²) >= 11 is 3.50. The van der Waals surface area contributed by atoms with E-state index in [0.29, 0.717) is 21.9 Å². The van der Waals surface area contributed by atoms with Crippen molar-refractivity contribution in [1.82, 2.24) is 0 Å². The van der Waals surface area contributed by atoms with Gasteiger partial charge in [0, 0.05) is 9.86 Å². The first-order chi connectivity index (χ1) is 11.3. The second kappa shape index (κ2) is 5.18. The van der Waals surface area contributed by atoms with Crippen LogP contribution in [0.1, 0.15) is 26.3 Å². The maximum atomic E-state index is 12.9. The molecule has 0 fully saturated rings. The first-order valence-electron chi connectivity index (χ1n) is 7.94. The fraction of sp³-hybridized carbons (Fsp3) is 0.190. The summed E-state index contributed by atoms with van der Waals surface area (Å²) in [5.74, 6) is 0. The maximum Gasteiger partial charge on any atom is 0.200 e. The van der Waals surface area contributed by atoms with Gasteiger partial charge in [0.1, 0.15) is 11.2 Å². The quantitative estimate of drug-likeness (QED) is 0.270. The molecule has 0 saturated carbocycles. The molecule has 0 atom stereocenters. The molecule has 120 valence electrons. The van der Waals surface area contributed by atoms with E-state index in [2.05, 4.69) is 36.7 Å². The molecule has 0 N–H and O–H groups in total. The van der Waals surface area contributed by atoms with Crippen molar-refractivity contribution < 1.29 is 4.42 Å². The lowest BCUT2D eigenvalue weighted by Gasteiger charge is -2.19. The van der Waals surface area contributed by atoms with Gasteiger partial charge in [0.25, 0.3) is 0 Å². The molecule has 3 heteroatoms. The summed E-state index contributed by atoms with van der Waals surface area (Å²) in [6.45, 7) is 6.46. The SMILES string of the molecule is CC(C)(C)c1ccc2c(=O)c3ccc4ccc(Br)cc4c3oc2c1.